The second-order valence-corrected chi connectivity index (χ2v) is 7.30. The summed E-state index contributed by atoms with van der Waals surface area (Å²) in [5.74, 6) is 0.975. The summed E-state index contributed by atoms with van der Waals surface area (Å²) >= 11 is 0. The van der Waals surface area contributed by atoms with Gasteiger partial charge in [-0.05, 0) is 32.0 Å². The fourth-order valence-corrected chi connectivity index (χ4v) is 3.89. The standard InChI is InChI=1S/C22H28O8/c1-22(2)29-16(11-17(23)26-5)20(30-22)13-10-15(25-4)18-12(19(13)27-6)8-9-14(24-3)21(18)28-7/h8-10,16,20H,11H2,1-7H3/t16-,20-/m1/s1. The van der Waals surface area contributed by atoms with Gasteiger partial charge < -0.3 is 33.2 Å². The Bertz CT molecular complexity index is 937. The first kappa shape index (κ1) is 22.0. The molecule has 1 aliphatic rings. The Labute approximate surface area is 175 Å². The monoisotopic (exact) mass is 420 g/mol. The maximum atomic E-state index is 12.0. The van der Waals surface area contributed by atoms with Crippen molar-refractivity contribution in [1.29, 1.82) is 0 Å². The van der Waals surface area contributed by atoms with Crippen LogP contribution in [0.15, 0.2) is 18.2 Å². The van der Waals surface area contributed by atoms with Crippen LogP contribution in [0.1, 0.15) is 31.9 Å². The number of rotatable bonds is 7. The number of hydrogen-bond donors (Lipinski definition) is 0. The van der Waals surface area contributed by atoms with Crippen molar-refractivity contribution >= 4 is 16.7 Å². The van der Waals surface area contributed by atoms with Crippen molar-refractivity contribution in [1.82, 2.24) is 0 Å². The summed E-state index contributed by atoms with van der Waals surface area (Å²) in [6, 6.07) is 5.50. The Morgan fingerprint density at radius 1 is 0.933 bits per heavy atom. The fraction of sp³-hybridized carbons (Fsp3) is 0.500. The van der Waals surface area contributed by atoms with Crippen LogP contribution in [0.5, 0.6) is 23.0 Å². The molecule has 1 saturated heterocycles. The number of carbonyl (C=O) groups excluding carboxylic acids is 1. The molecule has 2 atom stereocenters. The first-order valence-corrected chi connectivity index (χ1v) is 9.52. The third-order valence-corrected chi connectivity index (χ3v) is 5.10. The Morgan fingerprint density at radius 3 is 2.17 bits per heavy atom. The normalized spacial score (nSPS) is 20.1. The smallest absolute Gasteiger partial charge is 0.308 e. The summed E-state index contributed by atoms with van der Waals surface area (Å²) in [4.78, 5) is 12.0. The SMILES string of the molecule is COC(=O)C[C@H]1OC(C)(C)O[C@@H]1c1cc(OC)c2c(OC)c(OC)ccc2c1OC. The summed E-state index contributed by atoms with van der Waals surface area (Å²) in [7, 11) is 7.64. The average Bonchev–Trinajstić information content (AvgIpc) is 3.04. The molecule has 1 aliphatic heterocycles. The lowest BCUT2D eigenvalue weighted by molar-refractivity contribution is -0.154. The van der Waals surface area contributed by atoms with Crippen molar-refractivity contribution in [2.75, 3.05) is 35.5 Å². The van der Waals surface area contributed by atoms with Crippen LogP contribution in [0.2, 0.25) is 0 Å². The van der Waals surface area contributed by atoms with E-state index in [9.17, 15) is 4.79 Å². The van der Waals surface area contributed by atoms with Gasteiger partial charge in [0, 0.05) is 10.9 Å². The maximum absolute atomic E-state index is 12.0. The summed E-state index contributed by atoms with van der Waals surface area (Å²) in [5.41, 5.74) is 0.702. The van der Waals surface area contributed by atoms with Gasteiger partial charge in [0.2, 0.25) is 0 Å². The van der Waals surface area contributed by atoms with Crippen LogP contribution in [0.25, 0.3) is 10.8 Å². The quantitative estimate of drug-likeness (QED) is 0.628. The van der Waals surface area contributed by atoms with E-state index in [-0.39, 0.29) is 12.4 Å². The van der Waals surface area contributed by atoms with Crippen molar-refractivity contribution < 1.29 is 38.0 Å². The summed E-state index contributed by atoms with van der Waals surface area (Å²) < 4.78 is 39.5. The highest BCUT2D eigenvalue weighted by Crippen LogP contribution is 2.50. The average molecular weight is 420 g/mol. The van der Waals surface area contributed by atoms with E-state index in [1.165, 1.54) is 7.11 Å². The minimum Gasteiger partial charge on any atom is -0.496 e. The lowest BCUT2D eigenvalue weighted by Crippen LogP contribution is -2.23. The number of fused-ring (bicyclic) bond motifs is 1. The van der Waals surface area contributed by atoms with Gasteiger partial charge in [-0.25, -0.2) is 0 Å². The van der Waals surface area contributed by atoms with Gasteiger partial charge in [0.1, 0.15) is 23.7 Å². The van der Waals surface area contributed by atoms with Crippen LogP contribution in [-0.4, -0.2) is 53.4 Å². The minimum absolute atomic E-state index is 0.0417. The third kappa shape index (κ3) is 3.85. The van der Waals surface area contributed by atoms with Crippen molar-refractivity contribution in [3.8, 4) is 23.0 Å². The Kier molecular flexibility index (Phi) is 6.28. The highest BCUT2D eigenvalue weighted by molar-refractivity contribution is 6.00. The molecule has 0 aromatic heterocycles. The predicted octanol–water partition coefficient (Wildman–Crippen LogP) is 3.63. The Morgan fingerprint density at radius 2 is 1.60 bits per heavy atom. The summed E-state index contributed by atoms with van der Waals surface area (Å²) in [6.07, 6.45) is -1.08. The molecule has 0 aliphatic carbocycles. The van der Waals surface area contributed by atoms with Gasteiger partial charge in [0.15, 0.2) is 17.3 Å². The number of carbonyl (C=O) groups is 1. The Balaban J connectivity index is 2.24. The molecule has 0 radical (unpaired) electrons. The van der Waals surface area contributed by atoms with Gasteiger partial charge in [-0.3, -0.25) is 4.79 Å². The van der Waals surface area contributed by atoms with Crippen LogP contribution >= 0.6 is 0 Å². The third-order valence-electron chi connectivity index (χ3n) is 5.10. The van der Waals surface area contributed by atoms with Crippen molar-refractivity contribution in [3.05, 3.63) is 23.8 Å². The van der Waals surface area contributed by atoms with Crippen LogP contribution in [0.4, 0.5) is 0 Å². The van der Waals surface area contributed by atoms with Crippen LogP contribution in [0, 0.1) is 0 Å². The molecule has 0 saturated carbocycles. The van der Waals surface area contributed by atoms with E-state index in [1.54, 1.807) is 48.4 Å². The molecule has 1 fully saturated rings. The molecule has 164 valence electrons. The highest BCUT2D eigenvalue weighted by Gasteiger charge is 2.45. The number of methoxy groups -OCH3 is 5. The summed E-state index contributed by atoms with van der Waals surface area (Å²) in [5, 5.41) is 1.47. The zero-order chi connectivity index (χ0) is 22.1. The van der Waals surface area contributed by atoms with Gasteiger partial charge >= 0.3 is 5.97 Å². The molecule has 8 heteroatoms. The lowest BCUT2D eigenvalue weighted by atomic mass is 9.96. The van der Waals surface area contributed by atoms with Crippen LogP contribution in [0.3, 0.4) is 0 Å². The number of ether oxygens (including phenoxy) is 7. The fourth-order valence-electron chi connectivity index (χ4n) is 3.89. The van der Waals surface area contributed by atoms with Gasteiger partial charge in [0.25, 0.3) is 0 Å². The highest BCUT2D eigenvalue weighted by atomic mass is 16.8. The van der Waals surface area contributed by atoms with E-state index in [0.717, 1.165) is 5.39 Å². The van der Waals surface area contributed by atoms with E-state index in [2.05, 4.69) is 0 Å². The largest absolute Gasteiger partial charge is 0.496 e. The van der Waals surface area contributed by atoms with E-state index in [0.29, 0.717) is 33.9 Å². The van der Waals surface area contributed by atoms with Crippen molar-refractivity contribution in [2.45, 2.75) is 38.3 Å². The second-order valence-electron chi connectivity index (χ2n) is 7.30. The zero-order valence-electron chi connectivity index (χ0n) is 18.4. The lowest BCUT2D eigenvalue weighted by Gasteiger charge is -2.23. The first-order valence-electron chi connectivity index (χ1n) is 9.52. The number of esters is 1. The molecule has 2 aromatic carbocycles. The molecule has 0 spiro atoms. The van der Waals surface area contributed by atoms with Gasteiger partial charge in [-0.1, -0.05) is 0 Å². The maximum Gasteiger partial charge on any atom is 0.308 e. The topological polar surface area (TPSA) is 81.7 Å². The molecule has 8 nitrogen and oxygen atoms in total. The van der Waals surface area contributed by atoms with Crippen LogP contribution in [-0.2, 0) is 19.0 Å². The van der Waals surface area contributed by atoms with Gasteiger partial charge in [-0.15, -0.1) is 0 Å². The Hall–Kier alpha value is -2.71. The number of hydrogen-bond acceptors (Lipinski definition) is 8. The van der Waals surface area contributed by atoms with Crippen molar-refractivity contribution in [3.63, 3.8) is 0 Å². The van der Waals surface area contributed by atoms with Crippen molar-refractivity contribution in [2.24, 2.45) is 0 Å². The second kappa shape index (κ2) is 8.57. The van der Waals surface area contributed by atoms with E-state index < -0.39 is 18.0 Å². The molecule has 3 rings (SSSR count). The molecule has 1 heterocycles. The van der Waals surface area contributed by atoms with E-state index in [4.69, 9.17) is 33.2 Å². The molecule has 0 unspecified atom stereocenters. The molecular formula is C22H28O8. The molecule has 0 bridgehead atoms. The van der Waals surface area contributed by atoms with E-state index >= 15 is 0 Å². The molecular weight excluding hydrogens is 392 g/mol. The predicted molar refractivity (Wildman–Crippen MR) is 110 cm³/mol. The zero-order valence-corrected chi connectivity index (χ0v) is 18.4. The summed E-state index contributed by atoms with van der Waals surface area (Å²) in [6.45, 7) is 3.60. The molecule has 30 heavy (non-hydrogen) atoms. The van der Waals surface area contributed by atoms with E-state index in [1.807, 2.05) is 12.1 Å². The van der Waals surface area contributed by atoms with Gasteiger partial charge in [0.05, 0.1) is 47.4 Å². The minimum atomic E-state index is -0.881. The van der Waals surface area contributed by atoms with Crippen LogP contribution < -0.4 is 18.9 Å². The molecule has 0 amide bonds. The first-order chi connectivity index (χ1) is 14.3. The number of benzene rings is 2. The molecule has 0 N–H and O–H groups in total. The van der Waals surface area contributed by atoms with Gasteiger partial charge in [-0.2, -0.15) is 0 Å². The molecule has 2 aromatic rings.